The van der Waals surface area contributed by atoms with Crippen molar-refractivity contribution in [3.8, 4) is 0 Å². The number of nitrogens with zero attached hydrogens (tertiary/aromatic N) is 2. The summed E-state index contributed by atoms with van der Waals surface area (Å²) in [5, 5.41) is 8.97. The second-order valence-corrected chi connectivity index (χ2v) is 7.91. The van der Waals surface area contributed by atoms with E-state index in [1.165, 1.54) is 6.20 Å². The average molecular weight is 281 g/mol. The molecule has 0 aromatic carbocycles. The summed E-state index contributed by atoms with van der Waals surface area (Å²) in [6.45, 7) is 9.66. The van der Waals surface area contributed by atoms with Crippen LogP contribution in [0, 0.1) is 11.8 Å². The Morgan fingerprint density at radius 2 is 1.47 bits per heavy atom. The van der Waals surface area contributed by atoms with E-state index in [2.05, 4.69) is 68.8 Å². The average Bonchev–Trinajstić information content (AvgIpc) is 2.50. The molecule has 0 fully saturated rings. The van der Waals surface area contributed by atoms with E-state index in [0.717, 1.165) is 11.8 Å². The second-order valence-electron chi connectivity index (χ2n) is 4.84. The summed E-state index contributed by atoms with van der Waals surface area (Å²) in [6.07, 6.45) is 1.20. The minimum atomic E-state index is -3.34. The van der Waals surface area contributed by atoms with Gasteiger partial charge in [-0.15, -0.1) is 0 Å². The molecule has 0 aliphatic carbocycles. The zero-order valence-corrected chi connectivity index (χ0v) is 13.1. The van der Waals surface area contributed by atoms with Crippen molar-refractivity contribution < 1.29 is 9.79 Å². The van der Waals surface area contributed by atoms with Gasteiger partial charge in [-0.2, -0.15) is 15.4 Å². The molecule has 1 heterocycles. The lowest BCUT2D eigenvalue weighted by Gasteiger charge is -1.98. The van der Waals surface area contributed by atoms with Gasteiger partial charge in [0.05, 0.1) is 6.20 Å². The maximum Gasteiger partial charge on any atom is 0.236 e. The van der Waals surface area contributed by atoms with Gasteiger partial charge in [-0.1, -0.05) is 41.5 Å². The summed E-state index contributed by atoms with van der Waals surface area (Å²) < 4.78 is 0. The Morgan fingerprint density at radius 1 is 1.12 bits per heavy atom. The molecule has 0 spiro atoms. The first kappa shape index (κ1) is 19.1. The lowest BCUT2D eigenvalue weighted by molar-refractivity contribution is 0.492. The highest BCUT2D eigenvalue weighted by molar-refractivity contribution is 8.12. The number of rotatable bonds is 1. The molecular weight excluding hydrogens is 257 g/mol. The summed E-state index contributed by atoms with van der Waals surface area (Å²) in [6, 6.07) is 0. The Bertz CT molecular complexity index is 298. The quantitative estimate of drug-likeness (QED) is 0.686. The molecule has 1 aromatic heterocycles. The van der Waals surface area contributed by atoms with Crippen molar-refractivity contribution in [2.24, 2.45) is 11.8 Å². The van der Waals surface area contributed by atoms with Crippen molar-refractivity contribution in [1.29, 1.82) is 0 Å². The van der Waals surface area contributed by atoms with Crippen LogP contribution in [0.2, 0.25) is 0 Å². The van der Waals surface area contributed by atoms with Gasteiger partial charge < -0.3 is 9.79 Å². The van der Waals surface area contributed by atoms with Gasteiger partial charge in [0.15, 0.2) is 5.44 Å². The van der Waals surface area contributed by atoms with Gasteiger partial charge in [0.2, 0.25) is 6.49 Å². The van der Waals surface area contributed by atoms with Crippen LogP contribution in [0.15, 0.2) is 6.20 Å². The third-order valence-corrected chi connectivity index (χ3v) is 2.07. The van der Waals surface area contributed by atoms with Crippen molar-refractivity contribution in [1.82, 2.24) is 15.4 Å². The van der Waals surface area contributed by atoms with Crippen LogP contribution in [0.5, 0.6) is 0 Å². The van der Waals surface area contributed by atoms with E-state index in [-0.39, 0.29) is 5.44 Å². The molecule has 3 N–H and O–H groups in total. The fourth-order valence-electron chi connectivity index (χ4n) is 0.336. The molecule has 0 aliphatic heterocycles. The van der Waals surface area contributed by atoms with E-state index < -0.39 is 6.49 Å². The Hall–Kier alpha value is -0.290. The minimum absolute atomic E-state index is 0.0394. The smallest absolute Gasteiger partial charge is 0.236 e. The van der Waals surface area contributed by atoms with Gasteiger partial charge >= 0.3 is 0 Å². The van der Waals surface area contributed by atoms with Crippen LogP contribution in [0.1, 0.15) is 41.5 Å². The zero-order valence-electron chi connectivity index (χ0n) is 11.4. The molecule has 0 bridgehead atoms. The molecule has 0 unspecified atom stereocenters. The van der Waals surface area contributed by atoms with E-state index >= 15 is 0 Å². The second kappa shape index (κ2) is 9.71. The van der Waals surface area contributed by atoms with Gasteiger partial charge in [-0.25, -0.2) is 0 Å². The molecule has 5 nitrogen and oxygen atoms in total. The largest absolute Gasteiger partial charge is 0.341 e. The maximum absolute atomic E-state index is 8.74. The fourth-order valence-corrected chi connectivity index (χ4v) is 0.983. The first-order valence-corrected chi connectivity index (χ1v) is 8.20. The van der Waals surface area contributed by atoms with E-state index in [0.29, 0.717) is 0 Å². The fraction of sp³-hybridized carbons (Fsp3) is 0.800. The molecule has 0 saturated carbocycles. The lowest BCUT2D eigenvalue weighted by atomic mass is 10.3. The van der Waals surface area contributed by atoms with Crippen molar-refractivity contribution >= 4 is 23.7 Å². The van der Waals surface area contributed by atoms with Gasteiger partial charge in [-0.05, 0) is 23.6 Å². The van der Waals surface area contributed by atoms with Gasteiger partial charge in [0.1, 0.15) is 0 Å². The molecule has 102 valence electrons. The van der Waals surface area contributed by atoms with Crippen molar-refractivity contribution in [2.45, 2.75) is 41.5 Å². The monoisotopic (exact) mass is 281 g/mol. The molecule has 1 rings (SSSR count). The minimum Gasteiger partial charge on any atom is -0.341 e. The molecule has 0 amide bonds. The molecule has 0 saturated heterocycles. The molecule has 0 atom stereocenters. The number of aromatic amines is 1. The van der Waals surface area contributed by atoms with Crippen LogP contribution in [0.25, 0.3) is 0 Å². The molecule has 0 aliphatic rings. The van der Waals surface area contributed by atoms with Crippen molar-refractivity contribution in [3.05, 3.63) is 6.20 Å². The Kier molecular flexibility index (Phi) is 10.9. The Balaban J connectivity index is 0. The standard InChI is InChI=1S/2C4H10.C2H4N3O2PS/c2*1-4(2)3;6-8(7,9)2-1-3-5-4-2/h2*4H,1-3H3;1H,(H,3,4,5)(H2,6,7,9). The first-order valence-electron chi connectivity index (χ1n) is 5.49. The van der Waals surface area contributed by atoms with Gasteiger partial charge in [0.25, 0.3) is 0 Å². The van der Waals surface area contributed by atoms with Crippen molar-refractivity contribution in [3.63, 3.8) is 0 Å². The number of H-pyrrole nitrogens is 1. The first-order chi connectivity index (χ1) is 7.57. The highest BCUT2D eigenvalue weighted by Gasteiger charge is 2.13. The lowest BCUT2D eigenvalue weighted by Crippen LogP contribution is -2.03. The summed E-state index contributed by atoms with van der Waals surface area (Å²) in [5.74, 6) is 1.67. The van der Waals surface area contributed by atoms with Crippen LogP contribution in [-0.4, -0.2) is 25.2 Å². The topological polar surface area (TPSA) is 82.0 Å². The highest BCUT2D eigenvalue weighted by atomic mass is 32.5. The summed E-state index contributed by atoms with van der Waals surface area (Å²) >= 11 is 4.30. The maximum atomic E-state index is 8.74. The van der Waals surface area contributed by atoms with E-state index in [9.17, 15) is 0 Å². The SMILES string of the molecule is CC(C)C.CC(C)C.OP(O)(=S)c1cn[nH]n1. The van der Waals surface area contributed by atoms with Crippen LogP contribution >= 0.6 is 6.49 Å². The predicted octanol–water partition coefficient (Wildman–Crippen LogP) is 2.05. The summed E-state index contributed by atoms with van der Waals surface area (Å²) in [7, 11) is 0. The molecule has 7 heteroatoms. The van der Waals surface area contributed by atoms with Crippen LogP contribution in [0.3, 0.4) is 0 Å². The van der Waals surface area contributed by atoms with Gasteiger partial charge in [0, 0.05) is 0 Å². The van der Waals surface area contributed by atoms with E-state index in [1.807, 2.05) is 0 Å². The van der Waals surface area contributed by atoms with E-state index in [4.69, 9.17) is 9.79 Å². The molecule has 17 heavy (non-hydrogen) atoms. The Morgan fingerprint density at radius 3 is 1.59 bits per heavy atom. The van der Waals surface area contributed by atoms with Crippen molar-refractivity contribution in [2.75, 3.05) is 0 Å². The van der Waals surface area contributed by atoms with Crippen LogP contribution in [0.4, 0.5) is 0 Å². The van der Waals surface area contributed by atoms with Crippen LogP contribution < -0.4 is 5.44 Å². The molecule has 1 aromatic rings. The molecular formula is C10H24N3O2PS. The number of aromatic nitrogens is 3. The number of nitrogens with one attached hydrogen (secondary N) is 1. The summed E-state index contributed by atoms with van der Waals surface area (Å²) in [5.41, 5.74) is 0.0394. The molecule has 0 radical (unpaired) electrons. The normalized spacial score (nSPS) is 10.5. The summed E-state index contributed by atoms with van der Waals surface area (Å²) in [4.78, 5) is 17.5. The van der Waals surface area contributed by atoms with Crippen LogP contribution in [-0.2, 0) is 11.8 Å². The third-order valence-electron chi connectivity index (χ3n) is 0.701. The third kappa shape index (κ3) is 18.3. The highest BCUT2D eigenvalue weighted by Crippen LogP contribution is 2.31. The van der Waals surface area contributed by atoms with Gasteiger partial charge in [-0.3, -0.25) is 0 Å². The number of hydrogen-bond acceptors (Lipinski definition) is 3. The zero-order chi connectivity index (χ0) is 14.1. The van der Waals surface area contributed by atoms with E-state index in [1.54, 1.807) is 0 Å². The number of hydrogen-bond donors (Lipinski definition) is 3. The predicted molar refractivity (Wildman–Crippen MR) is 75.8 cm³/mol. The Labute approximate surface area is 109 Å².